The van der Waals surface area contributed by atoms with E-state index in [1.807, 2.05) is 0 Å². The molecule has 0 amide bonds. The number of carbonyl (C=O) groups excluding carboxylic acids is 4. The highest BCUT2D eigenvalue weighted by atomic mass is 31.2. The van der Waals surface area contributed by atoms with E-state index < -0.39 is 97.5 Å². The Balaban J connectivity index is 5.21. The van der Waals surface area contributed by atoms with E-state index in [4.69, 9.17) is 37.0 Å². The van der Waals surface area contributed by atoms with Crippen LogP contribution < -0.4 is 0 Å². The minimum Gasteiger partial charge on any atom is -0.462 e. The maximum absolute atomic E-state index is 13.1. The molecule has 0 radical (unpaired) electrons. The summed E-state index contributed by atoms with van der Waals surface area (Å²) < 4.78 is 68.6. The summed E-state index contributed by atoms with van der Waals surface area (Å²) in [5.74, 6) is 0.212. The van der Waals surface area contributed by atoms with Crippen LogP contribution in [0.25, 0.3) is 0 Å². The summed E-state index contributed by atoms with van der Waals surface area (Å²) in [6.45, 7) is 11.9. The van der Waals surface area contributed by atoms with Crippen LogP contribution in [-0.2, 0) is 65.4 Å². The second-order valence-electron chi connectivity index (χ2n) is 30.2. The molecule has 0 aromatic rings. The Morgan fingerprint density at radius 3 is 0.687 bits per heavy atom. The molecule has 588 valence electrons. The summed E-state index contributed by atoms with van der Waals surface area (Å²) in [5, 5.41) is 10.6. The largest absolute Gasteiger partial charge is 0.472 e. The van der Waals surface area contributed by atoms with Gasteiger partial charge in [0, 0.05) is 25.7 Å². The van der Waals surface area contributed by atoms with Gasteiger partial charge in [-0.05, 0) is 43.4 Å². The number of unbranched alkanes of at least 4 members (excludes halogenated alkanes) is 46. The van der Waals surface area contributed by atoms with Gasteiger partial charge in [-0.2, -0.15) is 0 Å². The van der Waals surface area contributed by atoms with Crippen molar-refractivity contribution >= 4 is 39.5 Å². The summed E-state index contributed by atoms with van der Waals surface area (Å²) in [5.41, 5.74) is 0. The molecule has 17 nitrogen and oxygen atoms in total. The third-order valence-electron chi connectivity index (χ3n) is 18.6. The highest BCUT2D eigenvalue weighted by Crippen LogP contribution is 2.45. The molecule has 0 spiro atoms. The molecule has 0 aromatic carbocycles. The first-order valence-corrected chi connectivity index (χ1v) is 44.3. The number of rotatable bonds is 78. The standard InChI is InChI=1S/C80H156O17P2/c1-8-9-10-11-12-13-26-34-41-49-56-63-79(84)97-76(68-91-78(83)62-55-48-43-36-39-46-53-60-73(6)7)70-95-99(88,89)93-66-74(81)65-92-98(86,87)94-69-75(67-90-77(82)61-54-47-40-33-29-24-21-20-23-28-32-38-45-52-59-72(4)5)96-80(85)64-57-50-42-35-30-25-19-17-15-14-16-18-22-27-31-37-44-51-58-71(2)3/h71-76,81H,8-70H2,1-7H3,(H,86,87)(H,88,89)/t74-,75-,76-/m1/s1. The van der Waals surface area contributed by atoms with Gasteiger partial charge in [-0.1, -0.05) is 363 Å². The zero-order chi connectivity index (χ0) is 73.0. The van der Waals surface area contributed by atoms with Crippen molar-refractivity contribution in [3.63, 3.8) is 0 Å². The van der Waals surface area contributed by atoms with Crippen molar-refractivity contribution in [1.29, 1.82) is 0 Å². The van der Waals surface area contributed by atoms with Crippen LogP contribution in [0, 0.1) is 17.8 Å². The lowest BCUT2D eigenvalue weighted by Gasteiger charge is -2.21. The quantitative estimate of drug-likeness (QED) is 0.0222. The van der Waals surface area contributed by atoms with Crippen molar-refractivity contribution in [2.75, 3.05) is 39.6 Å². The molecule has 5 atom stereocenters. The first-order chi connectivity index (χ1) is 47.7. The zero-order valence-corrected chi connectivity index (χ0v) is 66.8. The van der Waals surface area contributed by atoms with Crippen LogP contribution in [0.15, 0.2) is 0 Å². The van der Waals surface area contributed by atoms with Gasteiger partial charge in [0.2, 0.25) is 0 Å². The van der Waals surface area contributed by atoms with Crippen LogP contribution >= 0.6 is 15.6 Å². The summed E-state index contributed by atoms with van der Waals surface area (Å²) in [6.07, 6.45) is 58.4. The summed E-state index contributed by atoms with van der Waals surface area (Å²) in [4.78, 5) is 72.9. The second kappa shape index (κ2) is 70.4. The lowest BCUT2D eigenvalue weighted by Crippen LogP contribution is -2.30. The monoisotopic (exact) mass is 1450 g/mol. The lowest BCUT2D eigenvalue weighted by molar-refractivity contribution is -0.161. The molecule has 99 heavy (non-hydrogen) atoms. The molecule has 0 fully saturated rings. The van der Waals surface area contributed by atoms with Crippen LogP contribution in [0.5, 0.6) is 0 Å². The number of phosphoric ester groups is 2. The topological polar surface area (TPSA) is 237 Å². The van der Waals surface area contributed by atoms with Crippen LogP contribution in [0.1, 0.15) is 414 Å². The molecule has 0 aliphatic rings. The average molecular weight is 1450 g/mol. The molecule has 0 bridgehead atoms. The first-order valence-electron chi connectivity index (χ1n) is 41.3. The first kappa shape index (κ1) is 97.1. The summed E-state index contributed by atoms with van der Waals surface area (Å²) >= 11 is 0. The van der Waals surface area contributed by atoms with Crippen molar-refractivity contribution in [3.8, 4) is 0 Å². The van der Waals surface area contributed by atoms with Gasteiger partial charge < -0.3 is 33.8 Å². The van der Waals surface area contributed by atoms with Crippen LogP contribution in [0.4, 0.5) is 0 Å². The Morgan fingerprint density at radius 2 is 0.465 bits per heavy atom. The fourth-order valence-electron chi connectivity index (χ4n) is 12.3. The fraction of sp³-hybridized carbons (Fsp3) is 0.950. The molecule has 0 heterocycles. The predicted molar refractivity (Wildman–Crippen MR) is 405 cm³/mol. The Bertz CT molecular complexity index is 1920. The number of aliphatic hydroxyl groups is 1. The lowest BCUT2D eigenvalue weighted by atomic mass is 10.0. The van der Waals surface area contributed by atoms with E-state index in [2.05, 4.69) is 48.5 Å². The number of hydrogen-bond donors (Lipinski definition) is 3. The molecular formula is C80H156O17P2. The SMILES string of the molecule is CCCCCCCCCCCCCC(=O)O[C@H](COC(=O)CCCCCCCCCC(C)C)COP(=O)(O)OC[C@H](O)COP(=O)(O)OC[C@@H](COC(=O)CCCCCCCCCCCCCCCCC(C)C)OC(=O)CCCCCCCCCCCCCCCCCCCCC(C)C. The molecule has 2 unspecified atom stereocenters. The van der Waals surface area contributed by atoms with Gasteiger partial charge in [0.1, 0.15) is 19.3 Å². The second-order valence-corrected chi connectivity index (χ2v) is 33.1. The number of aliphatic hydroxyl groups excluding tert-OH is 1. The van der Waals surface area contributed by atoms with Gasteiger partial charge >= 0.3 is 39.5 Å². The number of ether oxygens (including phenoxy) is 4. The third kappa shape index (κ3) is 74.1. The van der Waals surface area contributed by atoms with E-state index >= 15 is 0 Å². The third-order valence-corrected chi connectivity index (χ3v) is 20.5. The Kier molecular flexibility index (Phi) is 69.0. The maximum atomic E-state index is 13.1. The number of carbonyl (C=O) groups is 4. The van der Waals surface area contributed by atoms with Gasteiger partial charge in [0.05, 0.1) is 26.4 Å². The number of esters is 4. The van der Waals surface area contributed by atoms with E-state index in [-0.39, 0.29) is 25.7 Å². The molecule has 0 rings (SSSR count). The van der Waals surface area contributed by atoms with E-state index in [0.717, 1.165) is 108 Å². The highest BCUT2D eigenvalue weighted by Gasteiger charge is 2.30. The van der Waals surface area contributed by atoms with Crippen molar-refractivity contribution in [2.45, 2.75) is 433 Å². The Hall–Kier alpha value is -1.94. The van der Waals surface area contributed by atoms with Crippen molar-refractivity contribution in [2.24, 2.45) is 17.8 Å². The van der Waals surface area contributed by atoms with Gasteiger partial charge in [-0.15, -0.1) is 0 Å². The van der Waals surface area contributed by atoms with Crippen LogP contribution in [0.3, 0.4) is 0 Å². The molecule has 3 N–H and O–H groups in total. The predicted octanol–water partition coefficient (Wildman–Crippen LogP) is 23.7. The van der Waals surface area contributed by atoms with Crippen molar-refractivity contribution in [3.05, 3.63) is 0 Å². The summed E-state index contributed by atoms with van der Waals surface area (Å²) in [6, 6.07) is 0. The highest BCUT2D eigenvalue weighted by molar-refractivity contribution is 7.47. The molecule has 0 aliphatic carbocycles. The van der Waals surface area contributed by atoms with Gasteiger partial charge in [-0.3, -0.25) is 37.3 Å². The minimum atomic E-state index is -4.96. The summed E-state index contributed by atoms with van der Waals surface area (Å²) in [7, 11) is -9.92. The van der Waals surface area contributed by atoms with E-state index in [1.165, 1.54) is 218 Å². The normalized spacial score (nSPS) is 14.0. The number of phosphoric acid groups is 2. The molecule has 0 aromatic heterocycles. The van der Waals surface area contributed by atoms with E-state index in [1.54, 1.807) is 0 Å². The van der Waals surface area contributed by atoms with Crippen molar-refractivity contribution < 1.29 is 80.2 Å². The van der Waals surface area contributed by atoms with Gasteiger partial charge in [0.25, 0.3) is 0 Å². The van der Waals surface area contributed by atoms with Crippen LogP contribution in [-0.4, -0.2) is 96.7 Å². The average Bonchev–Trinajstić information content (AvgIpc) is 1.01. The molecule has 0 aliphatic heterocycles. The fourth-order valence-corrected chi connectivity index (χ4v) is 13.9. The van der Waals surface area contributed by atoms with E-state index in [0.29, 0.717) is 31.6 Å². The zero-order valence-electron chi connectivity index (χ0n) is 65.0. The van der Waals surface area contributed by atoms with Crippen molar-refractivity contribution in [1.82, 2.24) is 0 Å². The molecule has 0 saturated heterocycles. The van der Waals surface area contributed by atoms with Gasteiger partial charge in [0.15, 0.2) is 12.2 Å². The minimum absolute atomic E-state index is 0.106. The Labute approximate surface area is 607 Å². The Morgan fingerprint density at radius 1 is 0.273 bits per heavy atom. The van der Waals surface area contributed by atoms with Crippen LogP contribution in [0.2, 0.25) is 0 Å². The molecular weight excluding hydrogens is 1290 g/mol. The smallest absolute Gasteiger partial charge is 0.462 e. The van der Waals surface area contributed by atoms with E-state index in [9.17, 15) is 43.2 Å². The van der Waals surface area contributed by atoms with Gasteiger partial charge in [-0.25, -0.2) is 9.13 Å². The number of hydrogen-bond acceptors (Lipinski definition) is 15. The maximum Gasteiger partial charge on any atom is 0.472 e. The molecule has 19 heteroatoms. The molecule has 0 saturated carbocycles.